The van der Waals surface area contributed by atoms with Gasteiger partial charge in [0.05, 0.1) is 18.4 Å². The smallest absolute Gasteiger partial charge is 0.256 e. The van der Waals surface area contributed by atoms with Crippen LogP contribution in [0.1, 0.15) is 28.4 Å². The lowest BCUT2D eigenvalue weighted by Gasteiger charge is -2.07. The monoisotopic (exact) mass is 282 g/mol. The van der Waals surface area contributed by atoms with Crippen LogP contribution in [0, 0.1) is 18.8 Å². The topological polar surface area (TPSA) is 72.9 Å². The van der Waals surface area contributed by atoms with Crippen LogP contribution in [0.25, 0.3) is 0 Å². The number of amides is 1. The SMILES string of the molecule is CCn1cc(NC(=O)c2cccc(C#CCN)c2C)cn1. The van der Waals surface area contributed by atoms with Crippen LogP contribution in [-0.4, -0.2) is 22.2 Å². The van der Waals surface area contributed by atoms with Gasteiger partial charge in [-0.15, -0.1) is 0 Å². The van der Waals surface area contributed by atoms with Gasteiger partial charge in [-0.2, -0.15) is 5.10 Å². The van der Waals surface area contributed by atoms with Crippen molar-refractivity contribution in [2.45, 2.75) is 20.4 Å². The van der Waals surface area contributed by atoms with Gasteiger partial charge in [-0.3, -0.25) is 9.48 Å². The van der Waals surface area contributed by atoms with Crippen molar-refractivity contribution in [3.8, 4) is 11.8 Å². The molecule has 0 aliphatic carbocycles. The maximum Gasteiger partial charge on any atom is 0.256 e. The number of hydrogen-bond donors (Lipinski definition) is 2. The molecular weight excluding hydrogens is 264 g/mol. The van der Waals surface area contributed by atoms with Crippen molar-refractivity contribution in [3.63, 3.8) is 0 Å². The summed E-state index contributed by atoms with van der Waals surface area (Å²) < 4.78 is 1.76. The van der Waals surface area contributed by atoms with Crippen LogP contribution >= 0.6 is 0 Å². The average molecular weight is 282 g/mol. The van der Waals surface area contributed by atoms with Crippen LogP contribution in [0.4, 0.5) is 5.69 Å². The molecule has 21 heavy (non-hydrogen) atoms. The van der Waals surface area contributed by atoms with Crippen molar-refractivity contribution < 1.29 is 4.79 Å². The molecule has 0 aliphatic rings. The lowest BCUT2D eigenvalue weighted by atomic mass is 10.0. The highest BCUT2D eigenvalue weighted by atomic mass is 16.1. The summed E-state index contributed by atoms with van der Waals surface area (Å²) in [4.78, 5) is 12.3. The summed E-state index contributed by atoms with van der Waals surface area (Å²) in [6, 6.07) is 5.48. The minimum atomic E-state index is -0.167. The van der Waals surface area contributed by atoms with E-state index in [9.17, 15) is 4.79 Å². The van der Waals surface area contributed by atoms with Gasteiger partial charge in [0.1, 0.15) is 0 Å². The van der Waals surface area contributed by atoms with Gasteiger partial charge >= 0.3 is 0 Å². The summed E-state index contributed by atoms with van der Waals surface area (Å²) in [5, 5.41) is 6.97. The fourth-order valence-corrected chi connectivity index (χ4v) is 1.96. The highest BCUT2D eigenvalue weighted by molar-refractivity contribution is 6.05. The first-order valence-corrected chi connectivity index (χ1v) is 6.78. The molecule has 1 aromatic carbocycles. The standard InChI is InChI=1S/C16H18N4O/c1-3-20-11-14(10-18-20)19-16(21)15-8-4-6-13(12(15)2)7-5-9-17/h4,6,8,10-11H,3,9,17H2,1-2H3,(H,19,21). The van der Waals surface area contributed by atoms with E-state index in [1.54, 1.807) is 23.1 Å². The first kappa shape index (κ1) is 14.8. The molecule has 2 rings (SSSR count). The van der Waals surface area contributed by atoms with Crippen LogP contribution in [0.15, 0.2) is 30.6 Å². The number of nitrogens with one attached hydrogen (secondary N) is 1. The number of benzene rings is 1. The number of nitrogens with zero attached hydrogens (tertiary/aromatic N) is 2. The molecule has 0 bridgehead atoms. The zero-order chi connectivity index (χ0) is 15.2. The van der Waals surface area contributed by atoms with E-state index in [4.69, 9.17) is 5.73 Å². The van der Waals surface area contributed by atoms with E-state index in [0.29, 0.717) is 17.8 Å². The molecule has 2 aromatic rings. The molecule has 1 heterocycles. The molecule has 5 nitrogen and oxygen atoms in total. The zero-order valence-electron chi connectivity index (χ0n) is 12.2. The normalized spacial score (nSPS) is 9.86. The van der Waals surface area contributed by atoms with Gasteiger partial charge in [0, 0.05) is 23.9 Å². The fraction of sp³-hybridized carbons (Fsp3) is 0.250. The molecule has 0 spiro atoms. The predicted molar refractivity (Wildman–Crippen MR) is 83.0 cm³/mol. The third-order valence-corrected chi connectivity index (χ3v) is 3.12. The summed E-state index contributed by atoms with van der Waals surface area (Å²) in [5.41, 5.74) is 8.32. The number of nitrogens with two attached hydrogens (primary N) is 1. The van der Waals surface area contributed by atoms with Crippen LogP contribution < -0.4 is 11.1 Å². The summed E-state index contributed by atoms with van der Waals surface area (Å²) in [6.45, 7) is 4.93. The van der Waals surface area contributed by atoms with Gasteiger partial charge < -0.3 is 11.1 Å². The molecule has 0 radical (unpaired) electrons. The second-order valence-corrected chi connectivity index (χ2v) is 4.52. The fourth-order valence-electron chi connectivity index (χ4n) is 1.96. The van der Waals surface area contributed by atoms with Crippen LogP contribution in [-0.2, 0) is 6.54 Å². The third kappa shape index (κ3) is 3.50. The van der Waals surface area contributed by atoms with E-state index in [2.05, 4.69) is 22.3 Å². The number of rotatable bonds is 3. The molecule has 3 N–H and O–H groups in total. The van der Waals surface area contributed by atoms with E-state index in [0.717, 1.165) is 17.7 Å². The van der Waals surface area contributed by atoms with Crippen LogP contribution in [0.2, 0.25) is 0 Å². The lowest BCUT2D eigenvalue weighted by Crippen LogP contribution is -2.13. The highest BCUT2D eigenvalue weighted by Gasteiger charge is 2.12. The second-order valence-electron chi connectivity index (χ2n) is 4.52. The summed E-state index contributed by atoms with van der Waals surface area (Å²) in [6.07, 6.45) is 3.43. The highest BCUT2D eigenvalue weighted by Crippen LogP contribution is 2.15. The Bertz CT molecular complexity index is 707. The van der Waals surface area contributed by atoms with Gasteiger partial charge in [0.25, 0.3) is 5.91 Å². The molecule has 0 atom stereocenters. The Morgan fingerprint density at radius 1 is 1.48 bits per heavy atom. The number of aryl methyl sites for hydroxylation is 1. The number of carbonyl (C=O) groups excluding carboxylic acids is 1. The third-order valence-electron chi connectivity index (χ3n) is 3.12. The Balaban J connectivity index is 2.23. The van der Waals surface area contributed by atoms with Crippen molar-refractivity contribution >= 4 is 11.6 Å². The Morgan fingerprint density at radius 3 is 2.95 bits per heavy atom. The first-order valence-electron chi connectivity index (χ1n) is 6.78. The van der Waals surface area contributed by atoms with Crippen molar-refractivity contribution in [3.05, 3.63) is 47.3 Å². The Morgan fingerprint density at radius 2 is 2.29 bits per heavy atom. The largest absolute Gasteiger partial charge is 0.320 e. The molecule has 0 fully saturated rings. The van der Waals surface area contributed by atoms with E-state index < -0.39 is 0 Å². The number of carbonyl (C=O) groups is 1. The van der Waals surface area contributed by atoms with Crippen molar-refractivity contribution in [2.24, 2.45) is 5.73 Å². The maximum atomic E-state index is 12.3. The predicted octanol–water partition coefficient (Wildman–Crippen LogP) is 1.77. The van der Waals surface area contributed by atoms with Gasteiger partial charge in [0.2, 0.25) is 0 Å². The van der Waals surface area contributed by atoms with E-state index >= 15 is 0 Å². The van der Waals surface area contributed by atoms with Crippen LogP contribution in [0.3, 0.4) is 0 Å². The molecule has 0 aliphatic heterocycles. The maximum absolute atomic E-state index is 12.3. The Hall–Kier alpha value is -2.58. The number of anilines is 1. The average Bonchev–Trinajstić information content (AvgIpc) is 2.93. The lowest BCUT2D eigenvalue weighted by molar-refractivity contribution is 0.102. The molecule has 1 aromatic heterocycles. The Kier molecular flexibility index (Phi) is 4.75. The quantitative estimate of drug-likeness (QED) is 0.843. The first-order chi connectivity index (χ1) is 10.2. The van der Waals surface area contributed by atoms with Gasteiger partial charge in [-0.1, -0.05) is 17.9 Å². The molecule has 5 heteroatoms. The number of aromatic nitrogens is 2. The Labute approximate surface area is 124 Å². The van der Waals surface area contributed by atoms with E-state index in [1.807, 2.05) is 26.0 Å². The molecule has 0 saturated heterocycles. The second kappa shape index (κ2) is 6.73. The van der Waals surface area contributed by atoms with Crippen molar-refractivity contribution in [1.29, 1.82) is 0 Å². The van der Waals surface area contributed by atoms with Gasteiger partial charge in [0.15, 0.2) is 0 Å². The van der Waals surface area contributed by atoms with Gasteiger partial charge in [-0.25, -0.2) is 0 Å². The number of hydrogen-bond acceptors (Lipinski definition) is 3. The summed E-state index contributed by atoms with van der Waals surface area (Å²) >= 11 is 0. The molecule has 0 saturated carbocycles. The summed E-state index contributed by atoms with van der Waals surface area (Å²) in [5.74, 6) is 5.61. The summed E-state index contributed by atoms with van der Waals surface area (Å²) in [7, 11) is 0. The van der Waals surface area contributed by atoms with Crippen LogP contribution in [0.5, 0.6) is 0 Å². The minimum Gasteiger partial charge on any atom is -0.320 e. The van der Waals surface area contributed by atoms with E-state index in [-0.39, 0.29) is 5.91 Å². The van der Waals surface area contributed by atoms with E-state index in [1.165, 1.54) is 0 Å². The minimum absolute atomic E-state index is 0.167. The zero-order valence-corrected chi connectivity index (χ0v) is 12.2. The molecule has 108 valence electrons. The molecule has 0 unspecified atom stereocenters. The van der Waals surface area contributed by atoms with Crippen molar-refractivity contribution in [2.75, 3.05) is 11.9 Å². The molecule has 1 amide bonds. The van der Waals surface area contributed by atoms with Gasteiger partial charge in [-0.05, 0) is 31.5 Å². The van der Waals surface area contributed by atoms with Crippen molar-refractivity contribution in [1.82, 2.24) is 9.78 Å². The molecular formula is C16H18N4O.